The molecule has 9 aromatic carbocycles. The van der Waals surface area contributed by atoms with Crippen molar-refractivity contribution in [2.75, 3.05) is 4.90 Å². The van der Waals surface area contributed by atoms with E-state index in [1.54, 1.807) is 0 Å². The molecule has 0 N–H and O–H groups in total. The summed E-state index contributed by atoms with van der Waals surface area (Å²) in [5, 5.41) is 17.4. The molecule has 0 saturated carbocycles. The third kappa shape index (κ3) is 13.7. The second kappa shape index (κ2) is 24.6. The van der Waals surface area contributed by atoms with Crippen LogP contribution in [0.15, 0.2) is 238 Å². The molecule has 1 aliphatic rings. The lowest BCUT2D eigenvalue weighted by atomic mass is 9.86. The van der Waals surface area contributed by atoms with Gasteiger partial charge in [0.15, 0.2) is 0 Å². The number of anilines is 3. The maximum absolute atomic E-state index is 6.12. The lowest BCUT2D eigenvalue weighted by molar-refractivity contribution is 0.582. The predicted octanol–water partition coefficient (Wildman–Crippen LogP) is 21.2. The van der Waals surface area contributed by atoms with E-state index in [1.165, 1.54) is 27.8 Å². The summed E-state index contributed by atoms with van der Waals surface area (Å²) in [6.07, 6.45) is 15.7. The molecule has 1 aliphatic heterocycles. The molecule has 11 aromatic rings. The second-order valence-electron chi connectivity index (χ2n) is 25.7. The van der Waals surface area contributed by atoms with Gasteiger partial charge in [0, 0.05) is 51.9 Å². The van der Waals surface area contributed by atoms with Gasteiger partial charge >= 0.3 is 0 Å². The van der Waals surface area contributed by atoms with Crippen LogP contribution in [0, 0.1) is 0 Å². The zero-order valence-corrected chi connectivity index (χ0v) is 51.5. The normalized spacial score (nSPS) is 13.0. The SMILES string of the molecule is CC(C)(C)c1ccc(C2=CN=C(c3ccc(/C=C/c4ccc(N(c5ccc(/C=C/c6ccc(-c7nnc(-c8ccc(C(C)(C)C)cc8)o7)cc6)cc5)c5ccc(/C=C/c6ccc(-c7nnc(-c8ccc(C(C)(C)C)cc8)o7)cc6)cc5)cc4)cc3)C2)cc1. The van der Waals surface area contributed by atoms with Crippen molar-refractivity contribution in [3.63, 3.8) is 0 Å². The predicted molar refractivity (Wildman–Crippen MR) is 366 cm³/mol. The zero-order valence-electron chi connectivity index (χ0n) is 51.5. The molecule has 88 heavy (non-hydrogen) atoms. The average Bonchev–Trinajstić information content (AvgIpc) is 4.02. The summed E-state index contributed by atoms with van der Waals surface area (Å²) in [6, 6.07) is 76.8. The fraction of sp³-hybridized carbons (Fsp3) is 0.163. The smallest absolute Gasteiger partial charge is 0.248 e. The van der Waals surface area contributed by atoms with Crippen molar-refractivity contribution in [2.45, 2.75) is 85.0 Å². The maximum Gasteiger partial charge on any atom is 0.248 e. The number of aromatic nitrogens is 4. The molecule has 8 nitrogen and oxygen atoms in total. The minimum Gasteiger partial charge on any atom is -0.416 e. The first-order valence-corrected chi connectivity index (χ1v) is 30.1. The number of rotatable bonds is 15. The molecule has 3 heterocycles. The topological polar surface area (TPSA) is 93.4 Å². The molecular formula is C80H72N6O2. The van der Waals surface area contributed by atoms with Gasteiger partial charge in [0.05, 0.1) is 5.71 Å². The molecule has 12 rings (SSSR count). The Labute approximate surface area is 517 Å². The van der Waals surface area contributed by atoms with Crippen LogP contribution in [0.5, 0.6) is 0 Å². The van der Waals surface area contributed by atoms with E-state index in [4.69, 9.17) is 13.8 Å². The number of aliphatic imine (C=N–C) groups is 1. The molecule has 0 saturated heterocycles. The quantitative estimate of drug-likeness (QED) is 0.0944. The first-order valence-electron chi connectivity index (χ1n) is 30.1. The number of hydrogen-bond acceptors (Lipinski definition) is 8. The van der Waals surface area contributed by atoms with Crippen LogP contribution >= 0.6 is 0 Å². The number of benzene rings is 9. The van der Waals surface area contributed by atoms with Crippen LogP contribution in [-0.4, -0.2) is 26.1 Å². The van der Waals surface area contributed by atoms with E-state index in [1.807, 2.05) is 54.7 Å². The minimum absolute atomic E-state index is 0.0674. The third-order valence-corrected chi connectivity index (χ3v) is 16.1. The summed E-state index contributed by atoms with van der Waals surface area (Å²) in [5.41, 5.74) is 22.0. The number of hydrogen-bond donors (Lipinski definition) is 0. The summed E-state index contributed by atoms with van der Waals surface area (Å²) in [5.74, 6) is 1.99. The van der Waals surface area contributed by atoms with Gasteiger partial charge in [0.2, 0.25) is 23.6 Å². The molecular weight excluding hydrogens is 1080 g/mol. The summed E-state index contributed by atoms with van der Waals surface area (Å²) in [7, 11) is 0. The van der Waals surface area contributed by atoms with Crippen LogP contribution in [0.4, 0.5) is 17.1 Å². The van der Waals surface area contributed by atoms with Gasteiger partial charge in [0.25, 0.3) is 0 Å². The Morgan fingerprint density at radius 1 is 0.295 bits per heavy atom. The van der Waals surface area contributed by atoms with Gasteiger partial charge in [-0.3, -0.25) is 4.99 Å². The van der Waals surface area contributed by atoms with Gasteiger partial charge in [-0.25, -0.2) is 0 Å². The van der Waals surface area contributed by atoms with Gasteiger partial charge in [-0.2, -0.15) is 0 Å². The Morgan fingerprint density at radius 3 is 0.807 bits per heavy atom. The summed E-state index contributed by atoms with van der Waals surface area (Å²) in [6.45, 7) is 20.0. The van der Waals surface area contributed by atoms with E-state index in [2.05, 4.69) is 294 Å². The van der Waals surface area contributed by atoms with Gasteiger partial charge in [-0.1, -0.05) is 232 Å². The molecule has 0 fully saturated rings. The lowest BCUT2D eigenvalue weighted by Gasteiger charge is -2.26. The second-order valence-corrected chi connectivity index (χ2v) is 25.7. The summed E-state index contributed by atoms with van der Waals surface area (Å²) in [4.78, 5) is 7.13. The van der Waals surface area contributed by atoms with Crippen molar-refractivity contribution in [3.8, 4) is 45.8 Å². The van der Waals surface area contributed by atoms with Crippen LogP contribution < -0.4 is 4.90 Å². The molecule has 0 amide bonds. The molecule has 0 atom stereocenters. The van der Waals surface area contributed by atoms with Crippen LogP contribution in [0.25, 0.3) is 87.8 Å². The highest BCUT2D eigenvalue weighted by molar-refractivity contribution is 6.09. The zero-order chi connectivity index (χ0) is 61.0. The van der Waals surface area contributed by atoms with Gasteiger partial charge in [-0.05, 0) is 168 Å². The standard InChI is InChI=1S/C80H72N6O2/c1-78(2,3)67-40-34-60(35-41-67)66-52-73(81-53-66)61-28-16-54(17-29-61)10-13-57-22-46-70(47-23-57)86(71-48-24-58(25-49-71)14-11-55-18-30-62(31-19-55)74-82-84-76(87-74)64-36-42-68(43-37-64)79(4,5)6)72-50-26-59(27-51-72)15-12-56-20-32-63(33-21-56)75-83-85-77(88-75)65-38-44-69(45-39-65)80(7,8)9/h10-51,53H,52H2,1-9H3/b13-10+,14-11+,15-12+. The Balaban J connectivity index is 0.731. The Morgan fingerprint density at radius 2 is 0.534 bits per heavy atom. The highest BCUT2D eigenvalue weighted by Crippen LogP contribution is 2.37. The highest BCUT2D eigenvalue weighted by atomic mass is 16.4. The molecule has 0 spiro atoms. The fourth-order valence-electron chi connectivity index (χ4n) is 10.6. The fourth-order valence-corrected chi connectivity index (χ4v) is 10.6. The van der Waals surface area contributed by atoms with Crippen LogP contribution in [-0.2, 0) is 16.2 Å². The molecule has 0 bridgehead atoms. The third-order valence-electron chi connectivity index (χ3n) is 16.1. The van der Waals surface area contributed by atoms with Gasteiger partial charge < -0.3 is 13.7 Å². The van der Waals surface area contributed by atoms with E-state index in [9.17, 15) is 0 Å². The van der Waals surface area contributed by atoms with Gasteiger partial charge in [-0.15, -0.1) is 20.4 Å². The van der Waals surface area contributed by atoms with E-state index < -0.39 is 0 Å². The first kappa shape index (κ1) is 58.1. The lowest BCUT2D eigenvalue weighted by Crippen LogP contribution is -2.10. The summed E-state index contributed by atoms with van der Waals surface area (Å²) < 4.78 is 12.2. The first-order chi connectivity index (χ1) is 42.4. The van der Waals surface area contributed by atoms with E-state index >= 15 is 0 Å². The van der Waals surface area contributed by atoms with Crippen molar-refractivity contribution in [3.05, 3.63) is 286 Å². The van der Waals surface area contributed by atoms with Crippen molar-refractivity contribution in [1.29, 1.82) is 0 Å². The minimum atomic E-state index is 0.0674. The molecule has 434 valence electrons. The molecule has 0 aliphatic carbocycles. The number of nitrogens with zero attached hydrogens (tertiary/aromatic N) is 6. The van der Waals surface area contributed by atoms with Crippen molar-refractivity contribution < 1.29 is 8.83 Å². The summed E-state index contributed by atoms with van der Waals surface area (Å²) >= 11 is 0. The molecule has 0 radical (unpaired) electrons. The van der Waals surface area contributed by atoms with Crippen LogP contribution in [0.1, 0.15) is 130 Å². The van der Waals surface area contributed by atoms with Crippen LogP contribution in [0.3, 0.4) is 0 Å². The van der Waals surface area contributed by atoms with Crippen molar-refractivity contribution >= 4 is 64.8 Å². The van der Waals surface area contributed by atoms with Crippen molar-refractivity contribution in [1.82, 2.24) is 20.4 Å². The number of allylic oxidation sites excluding steroid dienone is 1. The average molecular weight is 1150 g/mol. The van der Waals surface area contributed by atoms with Crippen molar-refractivity contribution in [2.24, 2.45) is 4.99 Å². The Hall–Kier alpha value is -10.3. The Bertz CT molecular complexity index is 4160. The monoisotopic (exact) mass is 1150 g/mol. The van der Waals surface area contributed by atoms with E-state index in [-0.39, 0.29) is 16.2 Å². The molecule has 2 aromatic heterocycles. The van der Waals surface area contributed by atoms with Crippen LogP contribution in [0.2, 0.25) is 0 Å². The van der Waals surface area contributed by atoms with Gasteiger partial charge in [0.1, 0.15) is 0 Å². The van der Waals surface area contributed by atoms with E-state index in [0.717, 1.165) is 90.4 Å². The molecule has 0 unspecified atom stereocenters. The Kier molecular flexibility index (Phi) is 16.2. The molecule has 8 heteroatoms. The maximum atomic E-state index is 6.12. The highest BCUT2D eigenvalue weighted by Gasteiger charge is 2.20. The van der Waals surface area contributed by atoms with E-state index in [0.29, 0.717) is 23.6 Å². The largest absolute Gasteiger partial charge is 0.416 e.